The standard InChI is InChI=1S/C20H24N4O3/c1-22-12-16(11-21-22)17-13-23(14-20(17)7-9-26-10-8-20)19(25)24-18(27-24)15-5-3-2-4-6-15/h2-6,11-12,17-18H,7-10,13-14H2,1H3. The van der Waals surface area contributed by atoms with Gasteiger partial charge in [-0.15, -0.1) is 0 Å². The van der Waals surface area contributed by atoms with Crippen molar-refractivity contribution in [1.82, 2.24) is 19.7 Å². The monoisotopic (exact) mass is 368 g/mol. The van der Waals surface area contributed by atoms with Crippen LogP contribution >= 0.6 is 0 Å². The third-order valence-electron chi connectivity index (χ3n) is 6.19. The lowest BCUT2D eigenvalue weighted by Crippen LogP contribution is -2.38. The largest absolute Gasteiger partial charge is 0.381 e. The molecule has 3 saturated heterocycles. The molecule has 0 N–H and O–H groups in total. The number of carbonyl (C=O) groups excluding carboxylic acids is 1. The topological polar surface area (TPSA) is 62.9 Å². The van der Waals surface area contributed by atoms with Crippen molar-refractivity contribution in [3.05, 3.63) is 53.9 Å². The van der Waals surface area contributed by atoms with Crippen molar-refractivity contribution in [2.24, 2.45) is 12.5 Å². The summed E-state index contributed by atoms with van der Waals surface area (Å²) in [6, 6.07) is 9.82. The highest BCUT2D eigenvalue weighted by Crippen LogP contribution is 2.50. The summed E-state index contributed by atoms with van der Waals surface area (Å²) in [6.07, 6.45) is 5.70. The molecule has 3 aliphatic heterocycles. The van der Waals surface area contributed by atoms with E-state index >= 15 is 0 Å². The molecule has 0 aliphatic carbocycles. The maximum atomic E-state index is 13.1. The van der Waals surface area contributed by atoms with Crippen molar-refractivity contribution in [3.8, 4) is 0 Å². The maximum absolute atomic E-state index is 13.1. The Morgan fingerprint density at radius 1 is 1.19 bits per heavy atom. The number of ether oxygens (including phenoxy) is 1. The van der Waals surface area contributed by atoms with Crippen molar-refractivity contribution in [2.75, 3.05) is 26.3 Å². The molecular formula is C20H24N4O3. The van der Waals surface area contributed by atoms with E-state index in [0.717, 1.165) is 38.2 Å². The number of urea groups is 1. The van der Waals surface area contributed by atoms with E-state index < -0.39 is 0 Å². The molecule has 27 heavy (non-hydrogen) atoms. The molecular weight excluding hydrogens is 344 g/mol. The molecule has 0 bridgehead atoms. The number of hydroxylamine groups is 2. The zero-order valence-corrected chi connectivity index (χ0v) is 15.5. The molecule has 1 aromatic heterocycles. The molecule has 4 heterocycles. The Morgan fingerprint density at radius 3 is 2.67 bits per heavy atom. The number of aromatic nitrogens is 2. The van der Waals surface area contributed by atoms with Gasteiger partial charge < -0.3 is 9.64 Å². The van der Waals surface area contributed by atoms with Crippen molar-refractivity contribution in [2.45, 2.75) is 25.0 Å². The predicted molar refractivity (Wildman–Crippen MR) is 97.5 cm³/mol. The minimum absolute atomic E-state index is 0.0406. The summed E-state index contributed by atoms with van der Waals surface area (Å²) in [7, 11) is 1.94. The molecule has 3 fully saturated rings. The number of hydrogen-bond acceptors (Lipinski definition) is 4. The van der Waals surface area contributed by atoms with Crippen LogP contribution in [-0.2, 0) is 16.6 Å². The van der Waals surface area contributed by atoms with Crippen LogP contribution in [0.4, 0.5) is 4.79 Å². The molecule has 142 valence electrons. The fourth-order valence-corrected chi connectivity index (χ4v) is 4.66. The normalized spacial score (nSPS) is 26.6. The zero-order chi connectivity index (χ0) is 18.4. The SMILES string of the molecule is Cn1cc(C2CN(C(=O)N3OC3c3ccccc3)CC23CCOCC3)cn1. The fraction of sp³-hybridized carbons (Fsp3) is 0.500. The first-order chi connectivity index (χ1) is 13.2. The Bertz CT molecular complexity index is 831. The number of hydrogen-bond donors (Lipinski definition) is 0. The van der Waals surface area contributed by atoms with Crippen LogP contribution < -0.4 is 0 Å². The average Bonchev–Trinajstić information content (AvgIpc) is 3.27. The van der Waals surface area contributed by atoms with Crippen molar-refractivity contribution < 1.29 is 14.4 Å². The van der Waals surface area contributed by atoms with Crippen molar-refractivity contribution in [1.29, 1.82) is 0 Å². The fourth-order valence-electron chi connectivity index (χ4n) is 4.66. The highest BCUT2D eigenvalue weighted by molar-refractivity contribution is 5.76. The zero-order valence-electron chi connectivity index (χ0n) is 15.5. The van der Waals surface area contributed by atoms with Gasteiger partial charge in [0.1, 0.15) is 0 Å². The van der Waals surface area contributed by atoms with Gasteiger partial charge in [0.2, 0.25) is 6.23 Å². The van der Waals surface area contributed by atoms with E-state index in [4.69, 9.17) is 9.57 Å². The van der Waals surface area contributed by atoms with Gasteiger partial charge in [0.25, 0.3) is 0 Å². The maximum Gasteiger partial charge on any atom is 0.346 e. The van der Waals surface area contributed by atoms with Crippen LogP contribution in [0.2, 0.25) is 0 Å². The highest BCUT2D eigenvalue weighted by Gasteiger charge is 2.53. The Balaban J connectivity index is 1.36. The molecule has 1 spiro atoms. The van der Waals surface area contributed by atoms with Crippen LogP contribution in [0.15, 0.2) is 42.7 Å². The molecule has 1 aromatic carbocycles. The Morgan fingerprint density at radius 2 is 1.96 bits per heavy atom. The minimum atomic E-state index is -0.262. The first-order valence-corrected chi connectivity index (χ1v) is 9.52. The van der Waals surface area contributed by atoms with E-state index in [1.807, 2.05) is 53.2 Å². The third kappa shape index (κ3) is 2.91. The van der Waals surface area contributed by atoms with Gasteiger partial charge in [-0.05, 0) is 18.4 Å². The van der Waals surface area contributed by atoms with Gasteiger partial charge in [-0.1, -0.05) is 30.3 Å². The lowest BCUT2D eigenvalue weighted by Gasteiger charge is -2.37. The summed E-state index contributed by atoms with van der Waals surface area (Å²) in [6.45, 7) is 2.96. The summed E-state index contributed by atoms with van der Waals surface area (Å²) in [5.74, 6) is 0.286. The molecule has 0 radical (unpaired) electrons. The van der Waals surface area contributed by atoms with Crippen LogP contribution in [0.25, 0.3) is 0 Å². The number of rotatable bonds is 2. The minimum Gasteiger partial charge on any atom is -0.381 e. The highest BCUT2D eigenvalue weighted by atomic mass is 16.8. The molecule has 2 atom stereocenters. The summed E-state index contributed by atoms with van der Waals surface area (Å²) in [5.41, 5.74) is 2.28. The summed E-state index contributed by atoms with van der Waals surface area (Å²) < 4.78 is 7.46. The van der Waals surface area contributed by atoms with Gasteiger partial charge in [0.15, 0.2) is 0 Å². The first kappa shape index (κ1) is 16.8. The second kappa shape index (κ2) is 6.35. The van der Waals surface area contributed by atoms with Gasteiger partial charge in [-0.2, -0.15) is 10.2 Å². The van der Waals surface area contributed by atoms with E-state index in [1.165, 1.54) is 10.6 Å². The van der Waals surface area contributed by atoms with E-state index in [1.54, 1.807) is 0 Å². The number of benzene rings is 1. The second-order valence-electron chi connectivity index (χ2n) is 7.83. The van der Waals surface area contributed by atoms with E-state index in [-0.39, 0.29) is 23.6 Å². The molecule has 0 saturated carbocycles. The second-order valence-corrected chi connectivity index (χ2v) is 7.83. The van der Waals surface area contributed by atoms with Gasteiger partial charge in [0.05, 0.1) is 6.20 Å². The Labute approximate surface area is 158 Å². The first-order valence-electron chi connectivity index (χ1n) is 9.52. The van der Waals surface area contributed by atoms with Crippen LogP contribution in [0.3, 0.4) is 0 Å². The molecule has 7 heteroatoms. The van der Waals surface area contributed by atoms with E-state index in [2.05, 4.69) is 11.3 Å². The number of aryl methyl sites for hydroxylation is 1. The van der Waals surface area contributed by atoms with E-state index in [9.17, 15) is 4.79 Å². The summed E-state index contributed by atoms with van der Waals surface area (Å²) in [5, 5.41) is 5.85. The molecule has 2 aromatic rings. The summed E-state index contributed by atoms with van der Waals surface area (Å²) >= 11 is 0. The van der Waals surface area contributed by atoms with Crippen LogP contribution in [-0.4, -0.2) is 52.1 Å². The average molecular weight is 368 g/mol. The number of likely N-dealkylation sites (tertiary alicyclic amines) is 1. The van der Waals surface area contributed by atoms with Gasteiger partial charge in [-0.25, -0.2) is 9.63 Å². The van der Waals surface area contributed by atoms with Crippen LogP contribution in [0.1, 0.15) is 36.1 Å². The van der Waals surface area contributed by atoms with Crippen molar-refractivity contribution >= 4 is 6.03 Å². The molecule has 3 aliphatic rings. The molecule has 7 nitrogen and oxygen atoms in total. The quantitative estimate of drug-likeness (QED) is 0.765. The Hall–Kier alpha value is -2.38. The molecule has 2 amide bonds. The third-order valence-corrected chi connectivity index (χ3v) is 6.19. The molecule has 2 unspecified atom stereocenters. The predicted octanol–water partition coefficient (Wildman–Crippen LogP) is 2.68. The van der Waals surface area contributed by atoms with Crippen molar-refractivity contribution in [3.63, 3.8) is 0 Å². The van der Waals surface area contributed by atoms with Gasteiger partial charge in [0, 0.05) is 56.4 Å². The van der Waals surface area contributed by atoms with Crippen LogP contribution in [0, 0.1) is 5.41 Å². The molecule has 5 rings (SSSR count). The number of carbonyl (C=O) groups is 1. The van der Waals surface area contributed by atoms with Gasteiger partial charge >= 0.3 is 6.03 Å². The number of amides is 2. The van der Waals surface area contributed by atoms with E-state index in [0.29, 0.717) is 6.54 Å². The van der Waals surface area contributed by atoms with Crippen LogP contribution in [0.5, 0.6) is 0 Å². The smallest absolute Gasteiger partial charge is 0.346 e. The van der Waals surface area contributed by atoms with Gasteiger partial charge in [-0.3, -0.25) is 4.68 Å². The lowest BCUT2D eigenvalue weighted by molar-refractivity contribution is 0.0127. The Kier molecular flexibility index (Phi) is 3.94. The lowest BCUT2D eigenvalue weighted by atomic mass is 9.70. The summed E-state index contributed by atoms with van der Waals surface area (Å²) in [4.78, 5) is 20.6. The number of nitrogens with zero attached hydrogens (tertiary/aromatic N) is 4.